The molecule has 4 rings (SSSR count). The van der Waals surface area contributed by atoms with E-state index in [0.717, 1.165) is 11.5 Å². The highest BCUT2D eigenvalue weighted by Gasteiger charge is 2.29. The molecule has 26 heavy (non-hydrogen) atoms. The van der Waals surface area contributed by atoms with Crippen LogP contribution in [0.25, 0.3) is 11.4 Å². The maximum atomic E-state index is 12.6. The zero-order chi connectivity index (χ0) is 18.0. The molecule has 0 aliphatic carbocycles. The third kappa shape index (κ3) is 3.33. The smallest absolute Gasteiger partial charge is 0.252 e. The minimum atomic E-state index is -3.39. The second kappa shape index (κ2) is 7.10. The van der Waals surface area contributed by atoms with Gasteiger partial charge in [-0.15, -0.1) is 21.5 Å². The number of hydrogen-bond donors (Lipinski definition) is 0. The fourth-order valence-electron chi connectivity index (χ4n) is 2.84. The Morgan fingerprint density at radius 3 is 2.35 bits per heavy atom. The number of rotatable bonds is 4. The number of piperazine rings is 1. The summed E-state index contributed by atoms with van der Waals surface area (Å²) in [7, 11) is -3.39. The van der Waals surface area contributed by atoms with Gasteiger partial charge in [0, 0.05) is 32.4 Å². The maximum absolute atomic E-state index is 12.6. The lowest BCUT2D eigenvalue weighted by atomic mass is 10.2. The van der Waals surface area contributed by atoms with E-state index in [2.05, 4.69) is 20.1 Å². The highest BCUT2D eigenvalue weighted by molar-refractivity contribution is 7.91. The molecule has 3 aromatic rings. The van der Waals surface area contributed by atoms with Crippen LogP contribution in [-0.2, 0) is 10.0 Å². The predicted octanol–water partition coefficient (Wildman–Crippen LogP) is 2.11. The van der Waals surface area contributed by atoms with Crippen molar-refractivity contribution < 1.29 is 8.42 Å². The number of sulfonamides is 1. The van der Waals surface area contributed by atoms with E-state index in [1.807, 2.05) is 30.3 Å². The van der Waals surface area contributed by atoms with E-state index in [4.69, 9.17) is 0 Å². The summed E-state index contributed by atoms with van der Waals surface area (Å²) in [6.07, 6.45) is 1.72. The fourth-order valence-corrected chi connectivity index (χ4v) is 5.41. The SMILES string of the molecule is O=S(=O)(c1cccs1)N1CCN(c2ccc(-c3ccccn3)nn2)CC1. The first kappa shape index (κ1) is 17.1. The topological polar surface area (TPSA) is 79.3 Å². The van der Waals surface area contributed by atoms with Crippen LogP contribution in [0.3, 0.4) is 0 Å². The molecule has 9 heteroatoms. The number of pyridine rings is 1. The van der Waals surface area contributed by atoms with Gasteiger partial charge in [0.2, 0.25) is 0 Å². The van der Waals surface area contributed by atoms with Crippen LogP contribution in [0.5, 0.6) is 0 Å². The van der Waals surface area contributed by atoms with Gasteiger partial charge in [0.05, 0.1) is 5.69 Å². The standard InChI is InChI=1S/C17H17N5O2S2/c23-26(24,17-5-3-13-25-17)22-11-9-21(10-12-22)16-7-6-15(19-20-16)14-4-1-2-8-18-14/h1-8,13H,9-12H2. The molecule has 1 fully saturated rings. The summed E-state index contributed by atoms with van der Waals surface area (Å²) in [5.41, 5.74) is 1.49. The molecule has 1 aliphatic rings. The van der Waals surface area contributed by atoms with Crippen molar-refractivity contribution in [2.45, 2.75) is 4.21 Å². The normalized spacial score (nSPS) is 15.9. The van der Waals surface area contributed by atoms with Gasteiger partial charge in [-0.05, 0) is 35.7 Å². The van der Waals surface area contributed by atoms with Crippen LogP contribution >= 0.6 is 11.3 Å². The van der Waals surface area contributed by atoms with E-state index < -0.39 is 10.0 Å². The quantitative estimate of drug-likeness (QED) is 0.682. The predicted molar refractivity (Wildman–Crippen MR) is 101 cm³/mol. The lowest BCUT2D eigenvalue weighted by Gasteiger charge is -2.34. The molecule has 0 unspecified atom stereocenters. The molecule has 7 nitrogen and oxygen atoms in total. The molecule has 0 N–H and O–H groups in total. The molecule has 0 amide bonds. The number of nitrogens with zero attached hydrogens (tertiary/aromatic N) is 5. The van der Waals surface area contributed by atoms with Crippen LogP contribution < -0.4 is 4.90 Å². The molecule has 0 bridgehead atoms. The Balaban J connectivity index is 1.44. The van der Waals surface area contributed by atoms with Gasteiger partial charge >= 0.3 is 0 Å². The monoisotopic (exact) mass is 387 g/mol. The van der Waals surface area contributed by atoms with E-state index in [9.17, 15) is 8.42 Å². The molecule has 0 atom stereocenters. The van der Waals surface area contributed by atoms with Gasteiger partial charge < -0.3 is 4.90 Å². The van der Waals surface area contributed by atoms with Gasteiger partial charge in [-0.25, -0.2) is 8.42 Å². The Morgan fingerprint density at radius 2 is 1.73 bits per heavy atom. The van der Waals surface area contributed by atoms with Crippen molar-refractivity contribution in [2.24, 2.45) is 0 Å². The van der Waals surface area contributed by atoms with Crippen molar-refractivity contribution in [2.75, 3.05) is 31.1 Å². The molecule has 4 heterocycles. The van der Waals surface area contributed by atoms with Gasteiger partial charge in [-0.1, -0.05) is 12.1 Å². The summed E-state index contributed by atoms with van der Waals surface area (Å²) in [6, 6.07) is 12.8. The molecule has 0 spiro atoms. The maximum Gasteiger partial charge on any atom is 0.252 e. The summed E-state index contributed by atoms with van der Waals surface area (Å²) in [5, 5.41) is 10.3. The van der Waals surface area contributed by atoms with Crippen LogP contribution in [0, 0.1) is 0 Å². The Hall–Kier alpha value is -2.36. The van der Waals surface area contributed by atoms with E-state index >= 15 is 0 Å². The van der Waals surface area contributed by atoms with E-state index in [0.29, 0.717) is 36.1 Å². The van der Waals surface area contributed by atoms with Gasteiger partial charge in [0.25, 0.3) is 10.0 Å². The molecular formula is C17H17N5O2S2. The molecule has 1 saturated heterocycles. The Kier molecular flexibility index (Phi) is 4.66. The first-order chi connectivity index (χ1) is 12.6. The lowest BCUT2D eigenvalue weighted by molar-refractivity contribution is 0.384. The van der Waals surface area contributed by atoms with Gasteiger partial charge in [0.1, 0.15) is 9.90 Å². The highest BCUT2D eigenvalue weighted by atomic mass is 32.2. The molecular weight excluding hydrogens is 370 g/mol. The first-order valence-electron chi connectivity index (χ1n) is 8.18. The summed E-state index contributed by atoms with van der Waals surface area (Å²) in [5.74, 6) is 0.748. The van der Waals surface area contributed by atoms with Crippen LogP contribution in [-0.4, -0.2) is 54.1 Å². The van der Waals surface area contributed by atoms with Crippen molar-refractivity contribution >= 4 is 27.2 Å². The number of hydrogen-bond acceptors (Lipinski definition) is 7. The second-order valence-electron chi connectivity index (χ2n) is 5.81. The van der Waals surface area contributed by atoms with Crippen molar-refractivity contribution in [3.8, 4) is 11.4 Å². The molecule has 1 aliphatic heterocycles. The Bertz CT molecular complexity index is 952. The van der Waals surface area contributed by atoms with Crippen LogP contribution in [0.1, 0.15) is 0 Å². The first-order valence-corrected chi connectivity index (χ1v) is 10.5. The van der Waals surface area contributed by atoms with Crippen molar-refractivity contribution in [1.29, 1.82) is 0 Å². The van der Waals surface area contributed by atoms with Gasteiger partial charge in [-0.3, -0.25) is 4.98 Å². The van der Waals surface area contributed by atoms with Gasteiger partial charge in [0.15, 0.2) is 5.82 Å². The average Bonchev–Trinajstić information content (AvgIpc) is 3.25. The molecule has 3 aromatic heterocycles. The molecule has 134 valence electrons. The fraction of sp³-hybridized carbons (Fsp3) is 0.235. The molecule has 0 saturated carbocycles. The van der Waals surface area contributed by atoms with Crippen LogP contribution in [0.2, 0.25) is 0 Å². The molecule has 0 aromatic carbocycles. The minimum absolute atomic E-state index is 0.394. The largest absolute Gasteiger partial charge is 0.352 e. The summed E-state index contributed by atoms with van der Waals surface area (Å²) >= 11 is 1.25. The second-order valence-corrected chi connectivity index (χ2v) is 8.93. The number of thiophene rings is 1. The summed E-state index contributed by atoms with van der Waals surface area (Å²) < 4.78 is 27.1. The van der Waals surface area contributed by atoms with E-state index in [1.54, 1.807) is 23.7 Å². The Morgan fingerprint density at radius 1 is 0.885 bits per heavy atom. The van der Waals surface area contributed by atoms with Crippen molar-refractivity contribution in [3.63, 3.8) is 0 Å². The van der Waals surface area contributed by atoms with E-state index in [1.165, 1.54) is 15.6 Å². The third-order valence-corrected chi connectivity index (χ3v) is 7.50. The zero-order valence-corrected chi connectivity index (χ0v) is 15.5. The van der Waals surface area contributed by atoms with Crippen molar-refractivity contribution in [3.05, 3.63) is 54.0 Å². The summed E-state index contributed by atoms with van der Waals surface area (Å²) in [4.78, 5) is 6.32. The van der Waals surface area contributed by atoms with Gasteiger partial charge in [-0.2, -0.15) is 4.31 Å². The Labute approximate surface area is 156 Å². The lowest BCUT2D eigenvalue weighted by Crippen LogP contribution is -2.48. The minimum Gasteiger partial charge on any atom is -0.352 e. The third-order valence-electron chi connectivity index (χ3n) is 4.23. The van der Waals surface area contributed by atoms with Crippen molar-refractivity contribution in [1.82, 2.24) is 19.5 Å². The number of anilines is 1. The van der Waals surface area contributed by atoms with Crippen LogP contribution in [0.4, 0.5) is 5.82 Å². The number of aromatic nitrogens is 3. The highest BCUT2D eigenvalue weighted by Crippen LogP contribution is 2.23. The average molecular weight is 387 g/mol. The van der Waals surface area contributed by atoms with Crippen LogP contribution in [0.15, 0.2) is 58.3 Å². The summed E-state index contributed by atoms with van der Waals surface area (Å²) in [6.45, 7) is 2.04. The zero-order valence-electron chi connectivity index (χ0n) is 13.9. The molecule has 0 radical (unpaired) electrons. The van der Waals surface area contributed by atoms with E-state index in [-0.39, 0.29) is 0 Å².